The molecule has 146 valence electrons. The van der Waals surface area contributed by atoms with Gasteiger partial charge in [-0.1, -0.05) is 30.3 Å². The molecule has 0 aliphatic heterocycles. The quantitative estimate of drug-likeness (QED) is 0.562. The molecule has 0 saturated carbocycles. The fourth-order valence-electron chi connectivity index (χ4n) is 2.77. The molecule has 0 spiro atoms. The monoisotopic (exact) mass is 389 g/mol. The van der Waals surface area contributed by atoms with Crippen LogP contribution in [0, 0.1) is 6.92 Å². The first-order valence-corrected chi connectivity index (χ1v) is 10.7. The second kappa shape index (κ2) is 9.41. The maximum absolute atomic E-state index is 11.7. The Hall–Kier alpha value is -2.54. The summed E-state index contributed by atoms with van der Waals surface area (Å²) in [6.45, 7) is 5.58. The number of ether oxygens (including phenoxy) is 1. The Labute approximate surface area is 161 Å². The lowest BCUT2D eigenvalue weighted by Gasteiger charge is -2.13. The van der Waals surface area contributed by atoms with Gasteiger partial charge in [0.05, 0.1) is 18.6 Å². The van der Waals surface area contributed by atoms with E-state index in [0.717, 1.165) is 29.0 Å². The average molecular weight is 390 g/mol. The molecule has 0 saturated heterocycles. The number of rotatable bonds is 7. The van der Waals surface area contributed by atoms with Crippen LogP contribution in [0.3, 0.4) is 0 Å². The molecule has 0 aliphatic rings. The van der Waals surface area contributed by atoms with Crippen LogP contribution in [-0.2, 0) is 22.9 Å². The van der Waals surface area contributed by atoms with Crippen LogP contribution in [0.15, 0.2) is 52.4 Å². The highest BCUT2D eigenvalue weighted by molar-refractivity contribution is 7.90. The Morgan fingerprint density at radius 3 is 2.52 bits per heavy atom. The van der Waals surface area contributed by atoms with Crippen molar-refractivity contribution in [2.24, 2.45) is 4.99 Å². The lowest BCUT2D eigenvalue weighted by molar-refractivity contribution is 0.409. The molecule has 0 radical (unpaired) electrons. The molecule has 0 fully saturated rings. The molecule has 0 atom stereocenters. The Balaban J connectivity index is 2.10. The molecule has 2 rings (SSSR count). The van der Waals surface area contributed by atoms with Crippen molar-refractivity contribution in [3.8, 4) is 5.75 Å². The van der Waals surface area contributed by atoms with E-state index < -0.39 is 9.84 Å². The van der Waals surface area contributed by atoms with E-state index >= 15 is 0 Å². The summed E-state index contributed by atoms with van der Waals surface area (Å²) in [4.78, 5) is 4.95. The predicted molar refractivity (Wildman–Crippen MR) is 109 cm³/mol. The number of guanidine groups is 1. The van der Waals surface area contributed by atoms with E-state index in [1.165, 1.54) is 6.26 Å². The normalized spacial score (nSPS) is 11.9. The Morgan fingerprint density at radius 1 is 1.15 bits per heavy atom. The van der Waals surface area contributed by atoms with Crippen molar-refractivity contribution in [2.75, 3.05) is 19.9 Å². The minimum Gasteiger partial charge on any atom is -0.496 e. The molecule has 0 aliphatic carbocycles. The molecule has 2 N–H and O–H groups in total. The van der Waals surface area contributed by atoms with Crippen LogP contribution in [0.1, 0.15) is 23.6 Å². The molecule has 27 heavy (non-hydrogen) atoms. The molecular weight excluding hydrogens is 362 g/mol. The van der Waals surface area contributed by atoms with Crippen molar-refractivity contribution in [3.63, 3.8) is 0 Å². The number of nitrogens with zero attached hydrogens (tertiary/aromatic N) is 1. The van der Waals surface area contributed by atoms with E-state index in [-0.39, 0.29) is 0 Å². The molecule has 6 nitrogen and oxygen atoms in total. The highest BCUT2D eigenvalue weighted by Crippen LogP contribution is 2.18. The lowest BCUT2D eigenvalue weighted by Crippen LogP contribution is -2.36. The SMILES string of the molecule is CCNC(=NCc1ccc(S(C)(=O)=O)c(C)c1)NCc1ccccc1OC. The number of benzene rings is 2. The van der Waals surface area contributed by atoms with Crippen LogP contribution >= 0.6 is 0 Å². The van der Waals surface area contributed by atoms with Crippen molar-refractivity contribution >= 4 is 15.8 Å². The number of methoxy groups -OCH3 is 1. The summed E-state index contributed by atoms with van der Waals surface area (Å²) in [5.41, 5.74) is 2.73. The molecule has 0 aromatic heterocycles. The van der Waals surface area contributed by atoms with Crippen LogP contribution in [0.25, 0.3) is 0 Å². The first-order valence-electron chi connectivity index (χ1n) is 8.78. The summed E-state index contributed by atoms with van der Waals surface area (Å²) in [6.07, 6.45) is 1.22. The maximum Gasteiger partial charge on any atom is 0.191 e. The van der Waals surface area contributed by atoms with E-state index in [0.29, 0.717) is 23.9 Å². The highest BCUT2D eigenvalue weighted by Gasteiger charge is 2.11. The fraction of sp³-hybridized carbons (Fsp3) is 0.350. The van der Waals surface area contributed by atoms with Gasteiger partial charge in [0.1, 0.15) is 5.75 Å². The summed E-state index contributed by atoms with van der Waals surface area (Å²) in [6, 6.07) is 13.1. The van der Waals surface area contributed by atoms with Crippen molar-refractivity contribution in [2.45, 2.75) is 31.8 Å². The molecule has 2 aromatic carbocycles. The van der Waals surface area contributed by atoms with Gasteiger partial charge >= 0.3 is 0 Å². The molecule has 7 heteroatoms. The van der Waals surface area contributed by atoms with Crippen LogP contribution in [-0.4, -0.2) is 34.3 Å². The van der Waals surface area contributed by atoms with E-state index in [1.807, 2.05) is 37.3 Å². The summed E-state index contributed by atoms with van der Waals surface area (Å²) in [5.74, 6) is 1.51. The smallest absolute Gasteiger partial charge is 0.191 e. The third kappa shape index (κ3) is 5.99. The van der Waals surface area contributed by atoms with Crippen LogP contribution in [0.5, 0.6) is 5.75 Å². The van der Waals surface area contributed by atoms with Gasteiger partial charge in [-0.2, -0.15) is 0 Å². The molecule has 2 aromatic rings. The van der Waals surface area contributed by atoms with Crippen LogP contribution in [0.2, 0.25) is 0 Å². The number of sulfone groups is 1. The standard InChI is InChI=1S/C20H27N3O3S/c1-5-21-20(23-14-17-8-6-7-9-18(17)26-3)22-13-16-10-11-19(15(2)12-16)27(4,24)25/h6-12H,5,13-14H2,1-4H3,(H2,21,22,23). The van der Waals surface area contributed by atoms with Crippen LogP contribution in [0.4, 0.5) is 0 Å². The Bertz CT molecular complexity index is 908. The third-order valence-corrected chi connectivity index (χ3v) is 5.30. The fourth-order valence-corrected chi connectivity index (χ4v) is 3.72. The van der Waals surface area contributed by atoms with Crippen molar-refractivity contribution in [3.05, 3.63) is 59.2 Å². The molecule has 0 bridgehead atoms. The average Bonchev–Trinajstić information content (AvgIpc) is 2.63. The van der Waals surface area contributed by atoms with Crippen molar-refractivity contribution < 1.29 is 13.2 Å². The maximum atomic E-state index is 11.7. The minimum absolute atomic E-state index is 0.358. The number of aliphatic imine (C=N–C) groups is 1. The van der Waals surface area contributed by atoms with E-state index in [2.05, 4.69) is 15.6 Å². The predicted octanol–water partition coefficient (Wildman–Crippen LogP) is 2.66. The molecule has 0 unspecified atom stereocenters. The largest absolute Gasteiger partial charge is 0.496 e. The number of hydrogen-bond acceptors (Lipinski definition) is 4. The first kappa shape index (κ1) is 20.8. The van der Waals surface area contributed by atoms with Gasteiger partial charge in [0.15, 0.2) is 15.8 Å². The summed E-state index contributed by atoms with van der Waals surface area (Å²) in [7, 11) is -1.56. The van der Waals surface area contributed by atoms with Crippen LogP contribution < -0.4 is 15.4 Å². The van der Waals surface area contributed by atoms with E-state index in [1.54, 1.807) is 26.2 Å². The zero-order valence-corrected chi connectivity index (χ0v) is 17.1. The van der Waals surface area contributed by atoms with Gasteiger partial charge in [0.25, 0.3) is 0 Å². The number of para-hydroxylation sites is 1. The van der Waals surface area contributed by atoms with E-state index in [9.17, 15) is 8.42 Å². The summed E-state index contributed by atoms with van der Waals surface area (Å²) < 4.78 is 28.8. The Kier molecular flexibility index (Phi) is 7.24. The van der Waals surface area contributed by atoms with Gasteiger partial charge in [0.2, 0.25) is 0 Å². The summed E-state index contributed by atoms with van der Waals surface area (Å²) >= 11 is 0. The van der Waals surface area contributed by atoms with Gasteiger partial charge in [-0.05, 0) is 37.1 Å². The number of aryl methyl sites for hydroxylation is 1. The van der Waals surface area contributed by atoms with Gasteiger partial charge in [-0.3, -0.25) is 0 Å². The number of nitrogens with one attached hydrogen (secondary N) is 2. The van der Waals surface area contributed by atoms with Gasteiger partial charge in [0, 0.05) is 24.9 Å². The van der Waals surface area contributed by atoms with Gasteiger partial charge in [-0.15, -0.1) is 0 Å². The molecule has 0 heterocycles. The topological polar surface area (TPSA) is 79.8 Å². The first-order chi connectivity index (χ1) is 12.8. The Morgan fingerprint density at radius 2 is 1.89 bits per heavy atom. The van der Waals surface area contributed by atoms with Gasteiger partial charge in [-0.25, -0.2) is 13.4 Å². The zero-order valence-electron chi connectivity index (χ0n) is 16.2. The zero-order chi connectivity index (χ0) is 19.9. The van der Waals surface area contributed by atoms with Crippen molar-refractivity contribution in [1.29, 1.82) is 0 Å². The molecule has 0 amide bonds. The van der Waals surface area contributed by atoms with Gasteiger partial charge < -0.3 is 15.4 Å². The van der Waals surface area contributed by atoms with E-state index in [4.69, 9.17) is 4.74 Å². The highest BCUT2D eigenvalue weighted by atomic mass is 32.2. The summed E-state index contributed by atoms with van der Waals surface area (Å²) in [5, 5.41) is 6.51. The van der Waals surface area contributed by atoms with Crippen molar-refractivity contribution in [1.82, 2.24) is 10.6 Å². The molecular formula is C20H27N3O3S. The number of hydrogen-bond donors (Lipinski definition) is 2. The second-order valence-corrected chi connectivity index (χ2v) is 8.22. The second-order valence-electron chi connectivity index (χ2n) is 6.23. The minimum atomic E-state index is -3.21. The third-order valence-electron chi connectivity index (χ3n) is 4.04. The lowest BCUT2D eigenvalue weighted by atomic mass is 10.1.